The molecule has 0 unspecified atom stereocenters. The molecule has 0 saturated heterocycles. The average Bonchev–Trinajstić information content (AvgIpc) is 2.81. The van der Waals surface area contributed by atoms with Crippen molar-refractivity contribution in [3.05, 3.63) is 59.7 Å². The summed E-state index contributed by atoms with van der Waals surface area (Å²) in [5.74, 6) is 0.807. The van der Waals surface area contributed by atoms with Gasteiger partial charge in [-0.25, -0.2) is 0 Å². The molecule has 2 amide bonds. The van der Waals surface area contributed by atoms with Crippen molar-refractivity contribution in [2.45, 2.75) is 17.7 Å². The van der Waals surface area contributed by atoms with Gasteiger partial charge in [-0.15, -0.1) is 11.8 Å². The van der Waals surface area contributed by atoms with E-state index < -0.39 is 0 Å². The molecule has 0 saturated carbocycles. The number of hydrogen-bond donors (Lipinski definition) is 1. The van der Waals surface area contributed by atoms with Crippen molar-refractivity contribution in [2.24, 2.45) is 0 Å². The molecule has 2 aromatic rings. The molecule has 0 fully saturated rings. The molecule has 118 valence electrons. The zero-order valence-electron chi connectivity index (χ0n) is 12.6. The molecule has 1 N–H and O–H groups in total. The molecule has 4 nitrogen and oxygen atoms in total. The van der Waals surface area contributed by atoms with Gasteiger partial charge in [0.25, 0.3) is 11.8 Å². The van der Waals surface area contributed by atoms with Crippen LogP contribution in [0.1, 0.15) is 33.6 Å². The number of carbonyl (C=O) groups excluding carboxylic acids is 2. The molecule has 1 aliphatic rings. The quantitative estimate of drug-likeness (QED) is 0.501. The molecular formula is C18H17NO3S. The Balaban J connectivity index is 1.46. The van der Waals surface area contributed by atoms with E-state index in [0.29, 0.717) is 17.7 Å². The van der Waals surface area contributed by atoms with Crippen LogP contribution in [0.2, 0.25) is 0 Å². The maximum Gasteiger partial charge on any atom is 0.261 e. The number of fused-ring (bicyclic) bond motifs is 1. The predicted octanol–water partition coefficient (Wildman–Crippen LogP) is 3.56. The first-order valence-corrected chi connectivity index (χ1v) is 8.52. The lowest BCUT2D eigenvalue weighted by molar-refractivity contribution is 0.0652. The van der Waals surface area contributed by atoms with Crippen LogP contribution in [0.3, 0.4) is 0 Å². The van der Waals surface area contributed by atoms with Crippen LogP contribution in [0.4, 0.5) is 0 Å². The van der Waals surface area contributed by atoms with E-state index in [0.717, 1.165) is 23.5 Å². The van der Waals surface area contributed by atoms with Crippen LogP contribution in [0, 0.1) is 0 Å². The summed E-state index contributed by atoms with van der Waals surface area (Å²) in [6.07, 6.45) is 1.70. The van der Waals surface area contributed by atoms with Crippen LogP contribution in [0.5, 0.6) is 5.75 Å². The van der Waals surface area contributed by atoms with Crippen molar-refractivity contribution in [3.8, 4) is 5.75 Å². The first-order chi connectivity index (χ1) is 11.2. The van der Waals surface area contributed by atoms with Gasteiger partial charge in [0, 0.05) is 11.4 Å². The van der Waals surface area contributed by atoms with Crippen molar-refractivity contribution in [1.82, 2.24) is 4.90 Å². The Morgan fingerprint density at radius 1 is 0.870 bits per heavy atom. The summed E-state index contributed by atoms with van der Waals surface area (Å²) in [5, 5.41) is 9.23. The summed E-state index contributed by atoms with van der Waals surface area (Å²) in [4.78, 5) is 26.8. The SMILES string of the molecule is O=C1c2ccccc2C(=O)N1CCCCSc1ccc(O)cc1. The Kier molecular flexibility index (Phi) is 4.67. The van der Waals surface area contributed by atoms with Crippen molar-refractivity contribution in [3.63, 3.8) is 0 Å². The second kappa shape index (κ2) is 6.87. The monoisotopic (exact) mass is 327 g/mol. The summed E-state index contributed by atoms with van der Waals surface area (Å²) in [7, 11) is 0. The van der Waals surface area contributed by atoms with E-state index >= 15 is 0 Å². The maximum absolute atomic E-state index is 12.2. The van der Waals surface area contributed by atoms with Crippen LogP contribution in [-0.2, 0) is 0 Å². The van der Waals surface area contributed by atoms with Gasteiger partial charge in [0.15, 0.2) is 0 Å². The Morgan fingerprint density at radius 3 is 2.09 bits per heavy atom. The number of thioether (sulfide) groups is 1. The molecule has 0 atom stereocenters. The molecule has 3 rings (SSSR count). The number of nitrogens with zero attached hydrogens (tertiary/aromatic N) is 1. The van der Waals surface area contributed by atoms with Gasteiger partial charge in [-0.05, 0) is 55.0 Å². The van der Waals surface area contributed by atoms with E-state index in [-0.39, 0.29) is 17.6 Å². The number of hydrogen-bond acceptors (Lipinski definition) is 4. The summed E-state index contributed by atoms with van der Waals surface area (Å²) in [5.41, 5.74) is 1.02. The third kappa shape index (κ3) is 3.40. The molecule has 0 aromatic heterocycles. The highest BCUT2D eigenvalue weighted by Crippen LogP contribution is 2.24. The van der Waals surface area contributed by atoms with Crippen molar-refractivity contribution in [1.29, 1.82) is 0 Å². The van der Waals surface area contributed by atoms with E-state index in [1.165, 1.54) is 4.90 Å². The second-order valence-corrected chi connectivity index (χ2v) is 6.53. The topological polar surface area (TPSA) is 57.6 Å². The van der Waals surface area contributed by atoms with E-state index in [4.69, 9.17) is 0 Å². The number of unbranched alkanes of at least 4 members (excludes halogenated alkanes) is 1. The van der Waals surface area contributed by atoms with Gasteiger partial charge < -0.3 is 5.11 Å². The fourth-order valence-corrected chi connectivity index (χ4v) is 3.46. The van der Waals surface area contributed by atoms with Crippen molar-refractivity contribution < 1.29 is 14.7 Å². The van der Waals surface area contributed by atoms with Gasteiger partial charge in [-0.2, -0.15) is 0 Å². The van der Waals surface area contributed by atoms with E-state index in [9.17, 15) is 14.7 Å². The predicted molar refractivity (Wildman–Crippen MR) is 89.9 cm³/mol. The van der Waals surface area contributed by atoms with E-state index in [1.807, 2.05) is 12.1 Å². The molecule has 0 spiro atoms. The maximum atomic E-state index is 12.2. The largest absolute Gasteiger partial charge is 0.508 e. The Morgan fingerprint density at radius 2 is 1.48 bits per heavy atom. The second-order valence-electron chi connectivity index (χ2n) is 5.36. The van der Waals surface area contributed by atoms with Crippen LogP contribution in [0.25, 0.3) is 0 Å². The highest BCUT2D eigenvalue weighted by Gasteiger charge is 2.34. The first-order valence-electron chi connectivity index (χ1n) is 7.54. The standard InChI is InChI=1S/C18H17NO3S/c20-13-7-9-14(10-8-13)23-12-4-3-11-19-17(21)15-5-1-2-6-16(15)18(19)22/h1-2,5-10,20H,3-4,11-12H2. The van der Waals surface area contributed by atoms with Crippen LogP contribution in [-0.4, -0.2) is 34.1 Å². The molecule has 0 bridgehead atoms. The Hall–Kier alpha value is -2.27. The number of aromatic hydroxyl groups is 1. The molecule has 1 aliphatic heterocycles. The average molecular weight is 327 g/mol. The molecule has 23 heavy (non-hydrogen) atoms. The number of phenolic OH excluding ortho intramolecular Hbond substituents is 1. The first kappa shape index (κ1) is 15.6. The molecule has 0 aliphatic carbocycles. The van der Waals surface area contributed by atoms with Gasteiger partial charge in [-0.3, -0.25) is 14.5 Å². The lowest BCUT2D eigenvalue weighted by Gasteiger charge is -2.13. The summed E-state index contributed by atoms with van der Waals surface area (Å²) in [6, 6.07) is 14.1. The number of phenols is 1. The number of carbonyl (C=O) groups is 2. The molecule has 5 heteroatoms. The zero-order chi connectivity index (χ0) is 16.2. The smallest absolute Gasteiger partial charge is 0.261 e. The number of benzene rings is 2. The number of amides is 2. The minimum Gasteiger partial charge on any atom is -0.508 e. The van der Waals surface area contributed by atoms with Crippen molar-refractivity contribution >= 4 is 23.6 Å². The number of rotatable bonds is 6. The zero-order valence-corrected chi connectivity index (χ0v) is 13.4. The molecule has 0 radical (unpaired) electrons. The highest BCUT2D eigenvalue weighted by molar-refractivity contribution is 7.99. The lowest BCUT2D eigenvalue weighted by Crippen LogP contribution is -2.30. The Bertz CT molecular complexity index is 692. The molecular weight excluding hydrogens is 310 g/mol. The fraction of sp³-hybridized carbons (Fsp3) is 0.222. The van der Waals surface area contributed by atoms with Crippen LogP contribution in [0.15, 0.2) is 53.4 Å². The molecule has 2 aromatic carbocycles. The van der Waals surface area contributed by atoms with Crippen molar-refractivity contribution in [2.75, 3.05) is 12.3 Å². The lowest BCUT2D eigenvalue weighted by atomic mass is 10.1. The fourth-order valence-electron chi connectivity index (χ4n) is 2.55. The minimum atomic E-state index is -0.184. The van der Waals surface area contributed by atoms with Gasteiger partial charge in [0.05, 0.1) is 11.1 Å². The van der Waals surface area contributed by atoms with Gasteiger partial charge in [0.2, 0.25) is 0 Å². The summed E-state index contributed by atoms with van der Waals surface area (Å²) >= 11 is 1.70. The van der Waals surface area contributed by atoms with Crippen LogP contribution >= 0.6 is 11.8 Å². The Labute approximate surface area is 139 Å². The van der Waals surface area contributed by atoms with Gasteiger partial charge >= 0.3 is 0 Å². The van der Waals surface area contributed by atoms with Crippen LogP contribution < -0.4 is 0 Å². The number of imide groups is 1. The van der Waals surface area contributed by atoms with E-state index in [1.54, 1.807) is 48.2 Å². The normalized spacial score (nSPS) is 13.5. The van der Waals surface area contributed by atoms with Gasteiger partial charge in [-0.1, -0.05) is 12.1 Å². The highest BCUT2D eigenvalue weighted by atomic mass is 32.2. The van der Waals surface area contributed by atoms with Gasteiger partial charge in [0.1, 0.15) is 5.75 Å². The molecule has 1 heterocycles. The summed E-state index contributed by atoms with van der Waals surface area (Å²) in [6.45, 7) is 0.461. The third-order valence-corrected chi connectivity index (χ3v) is 4.86. The minimum absolute atomic E-state index is 0.184. The summed E-state index contributed by atoms with van der Waals surface area (Å²) < 4.78 is 0. The van der Waals surface area contributed by atoms with E-state index in [2.05, 4.69) is 0 Å². The third-order valence-electron chi connectivity index (χ3n) is 3.76.